The number of anilines is 1. The van der Waals surface area contributed by atoms with Gasteiger partial charge in [0.05, 0.1) is 15.2 Å². The van der Waals surface area contributed by atoms with E-state index in [1.54, 1.807) is 30.5 Å². The van der Waals surface area contributed by atoms with Crippen LogP contribution in [0.15, 0.2) is 48.7 Å². The lowest BCUT2D eigenvalue weighted by Gasteiger charge is -2.17. The van der Waals surface area contributed by atoms with Crippen LogP contribution in [0.25, 0.3) is 15.8 Å². The van der Waals surface area contributed by atoms with Gasteiger partial charge in [-0.15, -0.1) is 11.3 Å². The summed E-state index contributed by atoms with van der Waals surface area (Å²) in [5.74, 6) is -0.146. The molecule has 2 aromatic carbocycles. The lowest BCUT2D eigenvalue weighted by Crippen LogP contribution is -2.30. The molecule has 0 aliphatic carbocycles. The molecule has 27 heavy (non-hydrogen) atoms. The highest BCUT2D eigenvalue weighted by Crippen LogP contribution is 2.26. The molecular formula is C20H21N5OS. The van der Waals surface area contributed by atoms with Gasteiger partial charge in [-0.3, -0.25) is 4.79 Å². The fraction of sp³-hybridized carbons (Fsp3) is 0.150. The van der Waals surface area contributed by atoms with Gasteiger partial charge in [0.25, 0.3) is 0 Å². The summed E-state index contributed by atoms with van der Waals surface area (Å²) in [5, 5.41) is 14.3. The first-order valence-corrected chi connectivity index (χ1v) is 9.25. The molecule has 1 atom stereocenters. The number of aryl methyl sites for hydroxylation is 1. The molecular weight excluding hydrogens is 358 g/mol. The van der Waals surface area contributed by atoms with E-state index in [0.29, 0.717) is 11.3 Å². The Morgan fingerprint density at radius 1 is 1.26 bits per heavy atom. The lowest BCUT2D eigenvalue weighted by atomic mass is 10.1. The van der Waals surface area contributed by atoms with Crippen LogP contribution in [0.3, 0.4) is 0 Å². The number of aromatic nitrogens is 1. The van der Waals surface area contributed by atoms with E-state index < -0.39 is 6.04 Å². The first-order chi connectivity index (χ1) is 13.0. The van der Waals surface area contributed by atoms with Crippen molar-refractivity contribution in [1.82, 2.24) is 10.3 Å². The molecule has 138 valence electrons. The molecule has 0 aliphatic rings. The van der Waals surface area contributed by atoms with Crippen molar-refractivity contribution >= 4 is 44.9 Å². The number of hydrogen-bond donors (Lipinski definition) is 4. The zero-order chi connectivity index (χ0) is 19.4. The maximum Gasteiger partial charge on any atom is 0.246 e. The predicted molar refractivity (Wildman–Crippen MR) is 112 cm³/mol. The van der Waals surface area contributed by atoms with E-state index in [4.69, 9.17) is 11.1 Å². The summed E-state index contributed by atoms with van der Waals surface area (Å²) < 4.78 is 1.06. The molecule has 0 bridgehead atoms. The van der Waals surface area contributed by atoms with E-state index in [1.165, 1.54) is 12.4 Å². The van der Waals surface area contributed by atoms with E-state index in [1.807, 2.05) is 37.3 Å². The van der Waals surface area contributed by atoms with Gasteiger partial charge in [-0.1, -0.05) is 18.2 Å². The highest BCUT2D eigenvalue weighted by atomic mass is 32.1. The van der Waals surface area contributed by atoms with Crippen LogP contribution in [-0.4, -0.2) is 24.2 Å². The number of thiazole rings is 1. The molecule has 1 aromatic heterocycles. The zero-order valence-electron chi connectivity index (χ0n) is 15.1. The number of nitrogens with two attached hydrogens (primary N) is 1. The highest BCUT2D eigenvalue weighted by Gasteiger charge is 2.19. The summed E-state index contributed by atoms with van der Waals surface area (Å²) >= 11 is 1.61. The predicted octanol–water partition coefficient (Wildman–Crippen LogP) is 3.45. The topological polar surface area (TPSA) is 104 Å². The van der Waals surface area contributed by atoms with Crippen LogP contribution >= 0.6 is 11.3 Å². The van der Waals surface area contributed by atoms with Gasteiger partial charge in [0.1, 0.15) is 6.04 Å². The second-order valence-electron chi connectivity index (χ2n) is 6.01. The van der Waals surface area contributed by atoms with E-state index in [9.17, 15) is 4.79 Å². The van der Waals surface area contributed by atoms with Gasteiger partial charge >= 0.3 is 0 Å². The standard InChI is InChI=1S/C20H21N5OS/c1-12-24-17-8-5-14(9-18(17)27-12)19(23-2)20(26)25-16-6-3-13(4-7-16)15(10-21)11-22/h3-11,19,21,23H,22H2,1-2H3,(H,25,26)/b15-11+,21-10?. The largest absolute Gasteiger partial charge is 0.404 e. The molecule has 7 heteroatoms. The monoisotopic (exact) mass is 379 g/mol. The second kappa shape index (κ2) is 8.11. The van der Waals surface area contributed by atoms with Crippen molar-refractivity contribution in [2.75, 3.05) is 12.4 Å². The molecule has 3 rings (SSSR count). The average molecular weight is 379 g/mol. The molecule has 1 unspecified atom stereocenters. The number of likely N-dealkylation sites (N-methyl/N-ethyl adjacent to an activating group) is 1. The van der Waals surface area contributed by atoms with Crippen LogP contribution in [0.4, 0.5) is 5.69 Å². The first-order valence-electron chi connectivity index (χ1n) is 8.43. The Hall–Kier alpha value is -3.03. The Balaban J connectivity index is 1.79. The van der Waals surface area contributed by atoms with Crippen LogP contribution in [0.5, 0.6) is 0 Å². The second-order valence-corrected chi connectivity index (χ2v) is 7.25. The van der Waals surface area contributed by atoms with Gasteiger partial charge in [0.15, 0.2) is 0 Å². The lowest BCUT2D eigenvalue weighted by molar-refractivity contribution is -0.118. The summed E-state index contributed by atoms with van der Waals surface area (Å²) in [6.07, 6.45) is 2.58. The third-order valence-corrected chi connectivity index (χ3v) is 5.16. The fourth-order valence-electron chi connectivity index (χ4n) is 2.87. The minimum Gasteiger partial charge on any atom is -0.404 e. The van der Waals surface area contributed by atoms with E-state index in [0.717, 1.165) is 26.4 Å². The summed E-state index contributed by atoms with van der Waals surface area (Å²) in [7, 11) is 1.76. The van der Waals surface area contributed by atoms with Crippen LogP contribution in [0.2, 0.25) is 0 Å². The van der Waals surface area contributed by atoms with Gasteiger partial charge in [-0.05, 0) is 49.4 Å². The van der Waals surface area contributed by atoms with Crippen molar-refractivity contribution in [3.05, 3.63) is 64.8 Å². The molecule has 0 saturated heterocycles. The van der Waals surface area contributed by atoms with Crippen LogP contribution in [0, 0.1) is 12.3 Å². The normalized spacial score (nSPS) is 12.7. The third-order valence-electron chi connectivity index (χ3n) is 4.22. The Morgan fingerprint density at radius 3 is 2.63 bits per heavy atom. The van der Waals surface area contributed by atoms with Gasteiger partial charge in [-0.2, -0.15) is 0 Å². The zero-order valence-corrected chi connectivity index (χ0v) is 15.9. The number of nitrogens with zero attached hydrogens (tertiary/aromatic N) is 1. The van der Waals surface area contributed by atoms with E-state index in [2.05, 4.69) is 15.6 Å². The number of hydrogen-bond acceptors (Lipinski definition) is 6. The molecule has 0 spiro atoms. The van der Waals surface area contributed by atoms with Crippen molar-refractivity contribution in [1.29, 1.82) is 5.41 Å². The number of benzene rings is 2. The highest BCUT2D eigenvalue weighted by molar-refractivity contribution is 7.18. The van der Waals surface area contributed by atoms with Crippen LogP contribution in [0.1, 0.15) is 22.2 Å². The number of nitrogens with one attached hydrogen (secondary N) is 3. The fourth-order valence-corrected chi connectivity index (χ4v) is 3.75. The smallest absolute Gasteiger partial charge is 0.246 e. The Bertz CT molecular complexity index is 1010. The first kappa shape index (κ1) is 18.8. The number of carbonyl (C=O) groups excluding carboxylic acids is 1. The Labute approximate surface area is 161 Å². The van der Waals surface area contributed by atoms with Crippen molar-refractivity contribution in [3.8, 4) is 0 Å². The Morgan fingerprint density at radius 2 is 2.00 bits per heavy atom. The van der Waals surface area contributed by atoms with E-state index in [-0.39, 0.29) is 5.91 Å². The number of fused-ring (bicyclic) bond motifs is 1. The molecule has 1 amide bonds. The molecule has 1 heterocycles. The molecule has 5 N–H and O–H groups in total. The van der Waals surface area contributed by atoms with Gasteiger partial charge < -0.3 is 21.8 Å². The van der Waals surface area contributed by atoms with Crippen molar-refractivity contribution in [2.45, 2.75) is 13.0 Å². The minimum absolute atomic E-state index is 0.146. The maximum absolute atomic E-state index is 12.8. The minimum atomic E-state index is -0.474. The van der Waals surface area contributed by atoms with E-state index >= 15 is 0 Å². The van der Waals surface area contributed by atoms with Crippen molar-refractivity contribution in [2.24, 2.45) is 5.73 Å². The summed E-state index contributed by atoms with van der Waals surface area (Å²) in [6, 6.07) is 12.6. The molecule has 0 fully saturated rings. The molecule has 0 saturated carbocycles. The van der Waals surface area contributed by atoms with Gasteiger partial charge in [0, 0.05) is 23.7 Å². The number of allylic oxidation sites excluding steroid dienone is 1. The molecule has 6 nitrogen and oxygen atoms in total. The maximum atomic E-state index is 12.8. The molecule has 3 aromatic rings. The third kappa shape index (κ3) is 4.05. The number of rotatable bonds is 6. The summed E-state index contributed by atoms with van der Waals surface area (Å²) in [4.78, 5) is 17.2. The average Bonchev–Trinajstić information content (AvgIpc) is 3.04. The number of amides is 1. The van der Waals surface area contributed by atoms with Crippen molar-refractivity contribution in [3.63, 3.8) is 0 Å². The summed E-state index contributed by atoms with van der Waals surface area (Å²) in [5.41, 5.74) is 9.46. The number of carbonyl (C=O) groups is 1. The molecule has 0 aliphatic heterocycles. The van der Waals surface area contributed by atoms with Crippen LogP contribution < -0.4 is 16.4 Å². The van der Waals surface area contributed by atoms with Crippen molar-refractivity contribution < 1.29 is 4.79 Å². The van der Waals surface area contributed by atoms with Gasteiger partial charge in [0.2, 0.25) is 5.91 Å². The summed E-state index contributed by atoms with van der Waals surface area (Å²) in [6.45, 7) is 1.97. The molecule has 0 radical (unpaired) electrons. The van der Waals surface area contributed by atoms with Crippen LogP contribution in [-0.2, 0) is 4.79 Å². The Kier molecular flexibility index (Phi) is 5.63. The quantitative estimate of drug-likeness (QED) is 0.492. The van der Waals surface area contributed by atoms with Gasteiger partial charge in [-0.25, -0.2) is 4.98 Å². The SMILES string of the molecule is CNC(C(=O)Nc1ccc(/C(C=N)=C/N)cc1)c1ccc2nc(C)sc2c1.